The number of amides is 1. The molecule has 0 radical (unpaired) electrons. The number of nitrogens with zero attached hydrogens (tertiary/aromatic N) is 1. The van der Waals surface area contributed by atoms with Gasteiger partial charge in [-0.3, -0.25) is 14.5 Å². The molecule has 4 nitrogen and oxygen atoms in total. The van der Waals surface area contributed by atoms with Crippen LogP contribution < -0.4 is 10.2 Å². The molecule has 5 rings (SSSR count). The molecule has 1 amide bonds. The molecule has 2 aliphatic rings. The molecule has 0 fully saturated rings. The molecule has 1 N–H and O–H groups in total. The number of allylic oxidation sites excluding steroid dienone is 1. The molecule has 1 aliphatic carbocycles. The van der Waals surface area contributed by atoms with Crippen molar-refractivity contribution in [3.8, 4) is 0 Å². The van der Waals surface area contributed by atoms with Gasteiger partial charge in [0.05, 0.1) is 17.4 Å². The monoisotopic (exact) mass is 510 g/mol. The molecule has 3 aromatic rings. The Morgan fingerprint density at radius 3 is 2.33 bits per heavy atom. The van der Waals surface area contributed by atoms with E-state index >= 15 is 0 Å². The fourth-order valence-electron chi connectivity index (χ4n) is 5.04. The number of para-hydroxylation sites is 2. The lowest BCUT2D eigenvalue weighted by Gasteiger charge is -2.35. The number of anilines is 2. The maximum absolute atomic E-state index is 13.9. The van der Waals surface area contributed by atoms with E-state index in [1.165, 1.54) is 6.07 Å². The number of alkyl halides is 3. The maximum atomic E-state index is 13.9. The van der Waals surface area contributed by atoms with E-state index < -0.39 is 18.1 Å². The molecule has 0 aromatic heterocycles. The molecule has 0 saturated heterocycles. The second-order valence-corrected chi connectivity index (χ2v) is 9.48. The number of benzene rings is 3. The molecule has 3 aromatic carbocycles. The fourth-order valence-corrected chi connectivity index (χ4v) is 5.33. The molecule has 184 valence electrons. The SMILES string of the molecule is Cc1ccc([C@H]2C3=C(C[C@@H](c4ccccc4Cl)CC3=O)Nc3ccccc3N2C(=O)C(F)(F)F)cc1. The van der Waals surface area contributed by atoms with Crippen LogP contribution in [-0.4, -0.2) is 17.9 Å². The van der Waals surface area contributed by atoms with Gasteiger partial charge in [0.1, 0.15) is 0 Å². The molecular weight excluding hydrogens is 489 g/mol. The van der Waals surface area contributed by atoms with Crippen LogP contribution in [0.5, 0.6) is 0 Å². The van der Waals surface area contributed by atoms with Crippen molar-refractivity contribution < 1.29 is 22.8 Å². The second kappa shape index (κ2) is 9.13. The van der Waals surface area contributed by atoms with E-state index in [9.17, 15) is 22.8 Å². The topological polar surface area (TPSA) is 49.4 Å². The van der Waals surface area contributed by atoms with E-state index in [-0.39, 0.29) is 29.4 Å². The number of ketones is 1. The summed E-state index contributed by atoms with van der Waals surface area (Å²) in [6, 6.07) is 19.2. The van der Waals surface area contributed by atoms with E-state index in [1.54, 1.807) is 54.6 Å². The standard InChI is InChI=1S/C28H22ClF3N2O2/c1-16-10-12-17(13-11-16)26-25-22(14-18(15-24(25)35)19-6-2-3-7-20(19)29)33-21-8-4-5-9-23(21)34(26)27(36)28(30,31)32/h2-13,18,26,33H,14-15H2,1H3/t18-,26+/m1/s1. The predicted octanol–water partition coefficient (Wildman–Crippen LogP) is 7.11. The van der Waals surface area contributed by atoms with Crippen molar-refractivity contribution in [2.75, 3.05) is 10.2 Å². The van der Waals surface area contributed by atoms with Gasteiger partial charge in [0.2, 0.25) is 0 Å². The van der Waals surface area contributed by atoms with Gasteiger partial charge in [-0.25, -0.2) is 0 Å². The molecule has 2 atom stereocenters. The number of carbonyl (C=O) groups excluding carboxylic acids is 2. The van der Waals surface area contributed by atoms with Crippen molar-refractivity contribution in [2.45, 2.75) is 37.9 Å². The predicted molar refractivity (Wildman–Crippen MR) is 133 cm³/mol. The van der Waals surface area contributed by atoms with Crippen LogP contribution >= 0.6 is 11.6 Å². The highest BCUT2D eigenvalue weighted by atomic mass is 35.5. The summed E-state index contributed by atoms with van der Waals surface area (Å²) in [5.41, 5.74) is 3.17. The van der Waals surface area contributed by atoms with Crippen LogP contribution in [0.25, 0.3) is 0 Å². The van der Waals surface area contributed by atoms with Crippen LogP contribution in [0.4, 0.5) is 24.5 Å². The number of hydrogen-bond donors (Lipinski definition) is 1. The molecule has 8 heteroatoms. The molecule has 36 heavy (non-hydrogen) atoms. The largest absolute Gasteiger partial charge is 0.471 e. The zero-order valence-electron chi connectivity index (χ0n) is 19.3. The molecule has 1 aliphatic heterocycles. The summed E-state index contributed by atoms with van der Waals surface area (Å²) >= 11 is 6.42. The van der Waals surface area contributed by atoms with E-state index in [4.69, 9.17) is 11.6 Å². The minimum atomic E-state index is -5.14. The summed E-state index contributed by atoms with van der Waals surface area (Å²) in [4.78, 5) is 27.4. The van der Waals surface area contributed by atoms with Gasteiger partial charge in [-0.2, -0.15) is 13.2 Å². The Morgan fingerprint density at radius 2 is 1.64 bits per heavy atom. The van der Waals surface area contributed by atoms with Gasteiger partial charge in [-0.15, -0.1) is 0 Å². The number of aryl methyl sites for hydroxylation is 1. The van der Waals surface area contributed by atoms with Gasteiger partial charge in [0.15, 0.2) is 5.78 Å². The zero-order valence-corrected chi connectivity index (χ0v) is 20.0. The third kappa shape index (κ3) is 4.28. The summed E-state index contributed by atoms with van der Waals surface area (Å²) in [7, 11) is 0. The first-order valence-electron chi connectivity index (χ1n) is 11.5. The molecular formula is C28H22ClF3N2O2. The van der Waals surface area contributed by atoms with Gasteiger partial charge in [-0.05, 0) is 48.6 Å². The highest BCUT2D eigenvalue weighted by molar-refractivity contribution is 6.31. The third-order valence-electron chi connectivity index (χ3n) is 6.69. The van der Waals surface area contributed by atoms with Gasteiger partial charge in [-0.1, -0.05) is 71.8 Å². The minimum Gasteiger partial charge on any atom is -0.357 e. The molecule has 0 spiro atoms. The molecule has 0 bridgehead atoms. The van der Waals surface area contributed by atoms with E-state index in [0.717, 1.165) is 11.1 Å². The minimum absolute atomic E-state index is 0.0573. The highest BCUT2D eigenvalue weighted by Gasteiger charge is 2.50. The summed E-state index contributed by atoms with van der Waals surface area (Å²) in [5, 5.41) is 3.74. The fraction of sp³-hybridized carbons (Fsp3) is 0.214. The van der Waals surface area contributed by atoms with Gasteiger partial charge < -0.3 is 5.32 Å². The Hall–Kier alpha value is -3.58. The number of carbonyl (C=O) groups is 2. The zero-order chi connectivity index (χ0) is 25.6. The third-order valence-corrected chi connectivity index (χ3v) is 7.03. The van der Waals surface area contributed by atoms with Gasteiger partial charge in [0.25, 0.3) is 0 Å². The first kappa shape index (κ1) is 24.1. The summed E-state index contributed by atoms with van der Waals surface area (Å²) in [6.07, 6.45) is -4.72. The van der Waals surface area contributed by atoms with Crippen molar-refractivity contribution in [1.29, 1.82) is 0 Å². The number of halogens is 4. The Balaban J connectivity index is 1.74. The lowest BCUT2D eigenvalue weighted by atomic mass is 9.78. The molecule has 0 saturated carbocycles. The van der Waals surface area contributed by atoms with Crippen molar-refractivity contribution >= 4 is 34.7 Å². The smallest absolute Gasteiger partial charge is 0.357 e. The van der Waals surface area contributed by atoms with Crippen LogP contribution in [0.15, 0.2) is 84.1 Å². The van der Waals surface area contributed by atoms with Gasteiger partial charge >= 0.3 is 12.1 Å². The Bertz CT molecular complexity index is 1380. The van der Waals surface area contributed by atoms with E-state index in [1.807, 2.05) is 19.1 Å². The van der Waals surface area contributed by atoms with Gasteiger partial charge in [0, 0.05) is 22.7 Å². The Morgan fingerprint density at radius 1 is 0.972 bits per heavy atom. The summed E-state index contributed by atoms with van der Waals surface area (Å²) < 4.78 is 41.8. The quantitative estimate of drug-likeness (QED) is 0.399. The molecule has 1 heterocycles. The van der Waals surface area contributed by atoms with Crippen molar-refractivity contribution in [2.24, 2.45) is 0 Å². The first-order chi connectivity index (χ1) is 17.1. The maximum Gasteiger partial charge on any atom is 0.471 e. The lowest BCUT2D eigenvalue weighted by Crippen LogP contribution is -2.45. The lowest BCUT2D eigenvalue weighted by molar-refractivity contribution is -0.170. The average Bonchev–Trinajstić information content (AvgIpc) is 2.98. The number of Topliss-reactive ketones (excluding diaryl/α,β-unsaturated/α-hetero) is 1. The average molecular weight is 511 g/mol. The number of rotatable bonds is 2. The Labute approximate surface area is 211 Å². The molecule has 0 unspecified atom stereocenters. The second-order valence-electron chi connectivity index (χ2n) is 9.07. The van der Waals surface area contributed by atoms with Crippen LogP contribution in [0, 0.1) is 6.92 Å². The van der Waals surface area contributed by atoms with E-state index in [0.29, 0.717) is 33.3 Å². The summed E-state index contributed by atoms with van der Waals surface area (Å²) in [6.45, 7) is 1.86. The van der Waals surface area contributed by atoms with E-state index in [2.05, 4.69) is 5.32 Å². The Kier molecular flexibility index (Phi) is 6.12. The highest BCUT2D eigenvalue weighted by Crippen LogP contribution is 2.49. The summed E-state index contributed by atoms with van der Waals surface area (Å²) in [5.74, 6) is -2.61. The number of hydrogen-bond acceptors (Lipinski definition) is 3. The van der Waals surface area contributed by atoms with Crippen LogP contribution in [0.3, 0.4) is 0 Å². The van der Waals surface area contributed by atoms with Crippen molar-refractivity contribution in [3.05, 3.63) is 106 Å². The van der Waals surface area contributed by atoms with Crippen LogP contribution in [0.2, 0.25) is 5.02 Å². The van der Waals surface area contributed by atoms with Crippen molar-refractivity contribution in [3.63, 3.8) is 0 Å². The van der Waals surface area contributed by atoms with Crippen LogP contribution in [0.1, 0.15) is 41.5 Å². The normalized spacial score (nSPS) is 19.8. The van der Waals surface area contributed by atoms with Crippen molar-refractivity contribution in [1.82, 2.24) is 0 Å². The number of nitrogens with one attached hydrogen (secondary N) is 1. The first-order valence-corrected chi connectivity index (χ1v) is 11.9. The number of fused-ring (bicyclic) bond motifs is 1. The van der Waals surface area contributed by atoms with Crippen LogP contribution in [-0.2, 0) is 9.59 Å².